The number of nitrogens with one attached hydrogen (secondary N) is 1. The molecule has 4 heteroatoms. The quantitative estimate of drug-likeness (QED) is 0.706. The first-order chi connectivity index (χ1) is 8.69. The minimum Gasteiger partial charge on any atom is -0.381 e. The van der Waals surface area contributed by atoms with Crippen LogP contribution >= 0.6 is 0 Å². The van der Waals surface area contributed by atoms with Crippen LogP contribution < -0.4 is 5.32 Å². The van der Waals surface area contributed by atoms with E-state index in [-0.39, 0.29) is 5.91 Å². The summed E-state index contributed by atoms with van der Waals surface area (Å²) in [5, 5.41) is 3.32. The molecule has 0 aliphatic heterocycles. The lowest BCUT2D eigenvalue weighted by Crippen LogP contribution is -2.42. The van der Waals surface area contributed by atoms with Gasteiger partial charge in [0.05, 0.1) is 13.0 Å². The average Bonchev–Trinajstić information content (AvgIpc) is 2.42. The highest BCUT2D eigenvalue weighted by atomic mass is 16.5. The zero-order valence-corrected chi connectivity index (χ0v) is 12.1. The van der Waals surface area contributed by atoms with E-state index in [1.54, 1.807) is 0 Å². The number of nitrogens with zero attached hydrogens (tertiary/aromatic N) is 1. The second-order valence-corrected chi connectivity index (χ2v) is 5.16. The fourth-order valence-electron chi connectivity index (χ4n) is 2.54. The molecular formula is C14H28N2O2. The molecule has 0 radical (unpaired) electrons. The van der Waals surface area contributed by atoms with E-state index >= 15 is 0 Å². The maximum absolute atomic E-state index is 12.0. The van der Waals surface area contributed by atoms with Crippen LogP contribution in [0.5, 0.6) is 0 Å². The standard InChI is InChI=1S/C14H28N2O2/c1-4-10-18-11-9-14(17)16(3)13-7-5-12(15-2)6-8-13/h12-13,15H,4-11H2,1-3H3. The molecule has 0 bridgehead atoms. The number of hydrogen-bond acceptors (Lipinski definition) is 3. The van der Waals surface area contributed by atoms with Gasteiger partial charge >= 0.3 is 0 Å². The van der Waals surface area contributed by atoms with Crippen LogP contribution in [-0.4, -0.2) is 50.2 Å². The first-order valence-electron chi connectivity index (χ1n) is 7.19. The summed E-state index contributed by atoms with van der Waals surface area (Å²) in [5.41, 5.74) is 0. The summed E-state index contributed by atoms with van der Waals surface area (Å²) in [6.07, 6.45) is 6.10. The lowest BCUT2D eigenvalue weighted by Gasteiger charge is -2.34. The van der Waals surface area contributed by atoms with Gasteiger partial charge in [-0.05, 0) is 39.2 Å². The van der Waals surface area contributed by atoms with Gasteiger partial charge in [-0.1, -0.05) is 6.92 Å². The fourth-order valence-corrected chi connectivity index (χ4v) is 2.54. The van der Waals surface area contributed by atoms with Crippen LogP contribution in [0.4, 0.5) is 0 Å². The van der Waals surface area contributed by atoms with Crippen molar-refractivity contribution in [3.8, 4) is 0 Å². The molecule has 0 aromatic heterocycles. The molecule has 0 saturated heterocycles. The molecule has 1 amide bonds. The van der Waals surface area contributed by atoms with E-state index in [0.717, 1.165) is 25.9 Å². The first-order valence-corrected chi connectivity index (χ1v) is 7.19. The second-order valence-electron chi connectivity index (χ2n) is 5.16. The molecule has 106 valence electrons. The largest absolute Gasteiger partial charge is 0.381 e. The number of hydrogen-bond donors (Lipinski definition) is 1. The Kier molecular flexibility index (Phi) is 7.28. The van der Waals surface area contributed by atoms with Crippen molar-refractivity contribution < 1.29 is 9.53 Å². The predicted molar refractivity (Wildman–Crippen MR) is 73.6 cm³/mol. The summed E-state index contributed by atoms with van der Waals surface area (Å²) in [6, 6.07) is 1.06. The van der Waals surface area contributed by atoms with Crippen molar-refractivity contribution in [1.29, 1.82) is 0 Å². The smallest absolute Gasteiger partial charge is 0.224 e. The minimum absolute atomic E-state index is 0.221. The monoisotopic (exact) mass is 256 g/mol. The van der Waals surface area contributed by atoms with E-state index in [0.29, 0.717) is 25.1 Å². The zero-order valence-electron chi connectivity index (χ0n) is 12.1. The van der Waals surface area contributed by atoms with Gasteiger partial charge in [-0.15, -0.1) is 0 Å². The van der Waals surface area contributed by atoms with Crippen molar-refractivity contribution in [3.63, 3.8) is 0 Å². The van der Waals surface area contributed by atoms with Gasteiger partial charge in [0.2, 0.25) is 5.91 Å². The maximum Gasteiger partial charge on any atom is 0.224 e. The number of ether oxygens (including phenoxy) is 1. The van der Waals surface area contributed by atoms with E-state index < -0.39 is 0 Å². The van der Waals surface area contributed by atoms with Crippen molar-refractivity contribution >= 4 is 5.91 Å². The van der Waals surface area contributed by atoms with Crippen LogP contribution in [0.2, 0.25) is 0 Å². The summed E-state index contributed by atoms with van der Waals surface area (Å²) in [7, 11) is 3.96. The molecular weight excluding hydrogens is 228 g/mol. The van der Waals surface area contributed by atoms with Gasteiger partial charge in [-0.3, -0.25) is 4.79 Å². The second kappa shape index (κ2) is 8.48. The number of carbonyl (C=O) groups is 1. The minimum atomic E-state index is 0.221. The first kappa shape index (κ1) is 15.4. The summed E-state index contributed by atoms with van der Waals surface area (Å²) in [4.78, 5) is 13.9. The summed E-state index contributed by atoms with van der Waals surface area (Å²) in [6.45, 7) is 3.39. The van der Waals surface area contributed by atoms with Crippen LogP contribution in [-0.2, 0) is 9.53 Å². The van der Waals surface area contributed by atoms with Crippen LogP contribution in [0.1, 0.15) is 45.4 Å². The highest BCUT2D eigenvalue weighted by molar-refractivity contribution is 5.76. The van der Waals surface area contributed by atoms with Gasteiger partial charge < -0.3 is 15.0 Å². The van der Waals surface area contributed by atoms with Gasteiger partial charge in [0, 0.05) is 25.7 Å². The molecule has 0 unspecified atom stereocenters. The molecule has 1 saturated carbocycles. The molecule has 18 heavy (non-hydrogen) atoms. The van der Waals surface area contributed by atoms with Crippen LogP contribution in [0.25, 0.3) is 0 Å². The molecule has 4 nitrogen and oxygen atoms in total. The zero-order chi connectivity index (χ0) is 13.4. The summed E-state index contributed by atoms with van der Waals surface area (Å²) < 4.78 is 5.37. The molecule has 0 aromatic rings. The molecule has 1 rings (SSSR count). The average molecular weight is 256 g/mol. The van der Waals surface area contributed by atoms with Gasteiger partial charge in [0.25, 0.3) is 0 Å². The Labute approximate surface area is 111 Å². The van der Waals surface area contributed by atoms with E-state index in [4.69, 9.17) is 4.74 Å². The lowest BCUT2D eigenvalue weighted by molar-refractivity contribution is -0.133. The van der Waals surface area contributed by atoms with E-state index in [1.807, 2.05) is 19.0 Å². The Hall–Kier alpha value is -0.610. The molecule has 1 fully saturated rings. The van der Waals surface area contributed by atoms with Crippen molar-refractivity contribution in [2.75, 3.05) is 27.3 Å². The van der Waals surface area contributed by atoms with E-state index in [2.05, 4.69) is 12.2 Å². The van der Waals surface area contributed by atoms with Crippen molar-refractivity contribution in [2.45, 2.75) is 57.5 Å². The van der Waals surface area contributed by atoms with Crippen LogP contribution in [0.3, 0.4) is 0 Å². The van der Waals surface area contributed by atoms with Gasteiger partial charge in [-0.2, -0.15) is 0 Å². The summed E-state index contributed by atoms with van der Waals surface area (Å²) in [5.74, 6) is 0.221. The van der Waals surface area contributed by atoms with Gasteiger partial charge in [0.15, 0.2) is 0 Å². The molecule has 0 aromatic carbocycles. The normalized spacial score (nSPS) is 23.9. The summed E-state index contributed by atoms with van der Waals surface area (Å²) >= 11 is 0. The molecule has 1 aliphatic carbocycles. The van der Waals surface area contributed by atoms with E-state index in [9.17, 15) is 4.79 Å². The Morgan fingerprint density at radius 3 is 2.50 bits per heavy atom. The third-order valence-corrected chi connectivity index (χ3v) is 3.85. The SMILES string of the molecule is CCCOCCC(=O)N(C)C1CCC(NC)CC1. The van der Waals surface area contributed by atoms with Crippen molar-refractivity contribution in [1.82, 2.24) is 10.2 Å². The fraction of sp³-hybridized carbons (Fsp3) is 0.929. The van der Waals surface area contributed by atoms with Crippen LogP contribution in [0.15, 0.2) is 0 Å². The third kappa shape index (κ3) is 4.94. The van der Waals surface area contributed by atoms with Crippen LogP contribution in [0, 0.1) is 0 Å². The molecule has 0 spiro atoms. The predicted octanol–water partition coefficient (Wildman–Crippen LogP) is 1.79. The van der Waals surface area contributed by atoms with Gasteiger partial charge in [-0.25, -0.2) is 0 Å². The molecule has 0 heterocycles. The maximum atomic E-state index is 12.0. The van der Waals surface area contributed by atoms with Crippen molar-refractivity contribution in [3.05, 3.63) is 0 Å². The topological polar surface area (TPSA) is 41.6 Å². The Morgan fingerprint density at radius 2 is 1.94 bits per heavy atom. The van der Waals surface area contributed by atoms with Gasteiger partial charge in [0.1, 0.15) is 0 Å². The number of carbonyl (C=O) groups excluding carboxylic acids is 1. The molecule has 1 N–H and O–H groups in total. The molecule has 1 aliphatic rings. The van der Waals surface area contributed by atoms with Crippen molar-refractivity contribution in [2.24, 2.45) is 0 Å². The van der Waals surface area contributed by atoms with E-state index in [1.165, 1.54) is 12.8 Å². The Balaban J connectivity index is 2.22. The Morgan fingerprint density at radius 1 is 1.28 bits per heavy atom. The Bertz CT molecular complexity index is 238. The highest BCUT2D eigenvalue weighted by Gasteiger charge is 2.25. The third-order valence-electron chi connectivity index (χ3n) is 3.85. The number of amides is 1. The molecule has 0 atom stereocenters. The highest BCUT2D eigenvalue weighted by Crippen LogP contribution is 2.22. The number of rotatable bonds is 7. The lowest BCUT2D eigenvalue weighted by atomic mass is 9.90.